The lowest BCUT2D eigenvalue weighted by Crippen LogP contribution is -2.40. The van der Waals surface area contributed by atoms with E-state index in [0.29, 0.717) is 36.5 Å². The first-order valence-corrected chi connectivity index (χ1v) is 19.4. The maximum absolute atomic E-state index is 13.0. The zero-order chi connectivity index (χ0) is 35.0. The van der Waals surface area contributed by atoms with Crippen LogP contribution in [-0.2, 0) is 38.3 Å². The third kappa shape index (κ3) is 9.05. The van der Waals surface area contributed by atoms with Gasteiger partial charge in [0.15, 0.2) is 0 Å². The Hall–Kier alpha value is -3.48. The quantitative estimate of drug-likeness (QED) is 0.235. The summed E-state index contributed by atoms with van der Waals surface area (Å²) >= 11 is 0. The fourth-order valence-corrected chi connectivity index (χ4v) is 9.71. The van der Waals surface area contributed by atoms with Crippen LogP contribution in [0.1, 0.15) is 99.8 Å². The van der Waals surface area contributed by atoms with Crippen molar-refractivity contribution >= 4 is 11.9 Å². The number of carbonyl (C=O) groups is 2. The number of carbonyl (C=O) groups excluding carboxylic acids is 2. The maximum atomic E-state index is 13.0. The van der Waals surface area contributed by atoms with E-state index in [1.54, 1.807) is 0 Å². The summed E-state index contributed by atoms with van der Waals surface area (Å²) < 4.78 is 12.1. The highest BCUT2D eigenvalue weighted by molar-refractivity contribution is 5.76. The van der Waals surface area contributed by atoms with Crippen LogP contribution in [0.5, 0.6) is 0 Å². The second-order valence-corrected chi connectivity index (χ2v) is 15.6. The SMILES string of the molecule is CC1OC(=O)C(N)CCCC(Cc2ccc(C3CCCC3C3C(Cc4ccccc4)CCCC(N)C(=O)OC3C)cc2)C1Cc1ccccc1. The average Bonchev–Trinajstić information content (AvgIpc) is 3.62. The minimum absolute atomic E-state index is 0.181. The van der Waals surface area contributed by atoms with E-state index in [0.717, 1.165) is 57.8 Å². The number of hydrogen-bond acceptors (Lipinski definition) is 6. The zero-order valence-corrected chi connectivity index (χ0v) is 30.1. The van der Waals surface area contributed by atoms with Gasteiger partial charge in [0.05, 0.1) is 0 Å². The molecule has 3 aromatic rings. The fourth-order valence-electron chi connectivity index (χ4n) is 9.71. The van der Waals surface area contributed by atoms with Crippen LogP contribution in [0, 0.1) is 29.6 Å². The van der Waals surface area contributed by atoms with Crippen LogP contribution >= 0.6 is 0 Å². The summed E-state index contributed by atoms with van der Waals surface area (Å²) in [5.41, 5.74) is 17.8. The summed E-state index contributed by atoms with van der Waals surface area (Å²) in [5, 5.41) is 0. The Morgan fingerprint density at radius 3 is 1.68 bits per heavy atom. The number of hydrogen-bond donors (Lipinski definition) is 2. The topological polar surface area (TPSA) is 105 Å². The van der Waals surface area contributed by atoms with Crippen LogP contribution in [0.3, 0.4) is 0 Å². The van der Waals surface area contributed by atoms with Gasteiger partial charge in [-0.05, 0) is 118 Å². The second kappa shape index (κ2) is 17.2. The first kappa shape index (κ1) is 36.3. The summed E-state index contributed by atoms with van der Waals surface area (Å²) in [4.78, 5) is 25.7. The molecule has 6 heteroatoms. The monoisotopic (exact) mass is 678 g/mol. The average molecular weight is 679 g/mol. The van der Waals surface area contributed by atoms with Gasteiger partial charge in [0.1, 0.15) is 24.3 Å². The number of rotatable bonds is 8. The maximum Gasteiger partial charge on any atom is 0.323 e. The molecule has 4 N–H and O–H groups in total. The van der Waals surface area contributed by atoms with E-state index in [1.807, 2.05) is 13.0 Å². The van der Waals surface area contributed by atoms with Crippen molar-refractivity contribution in [3.05, 3.63) is 107 Å². The number of ether oxygens (including phenoxy) is 2. The van der Waals surface area contributed by atoms with Gasteiger partial charge in [-0.1, -0.05) is 104 Å². The molecule has 2 saturated heterocycles. The van der Waals surface area contributed by atoms with Crippen molar-refractivity contribution in [2.24, 2.45) is 41.1 Å². The molecule has 0 bridgehead atoms. The van der Waals surface area contributed by atoms with Gasteiger partial charge in [0.2, 0.25) is 0 Å². The third-order valence-corrected chi connectivity index (χ3v) is 12.3. The summed E-state index contributed by atoms with van der Waals surface area (Å²) in [6.07, 6.45) is 11.2. The molecule has 0 spiro atoms. The lowest BCUT2D eigenvalue weighted by molar-refractivity contribution is -0.155. The van der Waals surface area contributed by atoms with Crippen LogP contribution in [0.15, 0.2) is 84.9 Å². The molecule has 0 aromatic heterocycles. The van der Waals surface area contributed by atoms with E-state index < -0.39 is 12.1 Å². The van der Waals surface area contributed by atoms with E-state index in [9.17, 15) is 9.59 Å². The van der Waals surface area contributed by atoms with Crippen molar-refractivity contribution < 1.29 is 19.1 Å². The normalized spacial score (nSPS) is 32.7. The summed E-state index contributed by atoms with van der Waals surface area (Å²) in [6.45, 7) is 4.17. The molecule has 268 valence electrons. The van der Waals surface area contributed by atoms with Gasteiger partial charge in [-0.3, -0.25) is 9.59 Å². The van der Waals surface area contributed by atoms with Crippen LogP contribution < -0.4 is 11.5 Å². The number of benzene rings is 3. The summed E-state index contributed by atoms with van der Waals surface area (Å²) in [6, 6.07) is 29.7. The Labute approximate surface area is 299 Å². The molecular weight excluding hydrogens is 620 g/mol. The Bertz CT molecular complexity index is 1510. The standard InChI is InChI=1S/C44H58N2O4/c1-29-39(28-32-14-7-4-8-15-32)35(16-9-20-40(45)43(47)49-29)26-33-22-24-34(25-23-33)37-18-11-19-38(37)42-30(2)50-44(48)41(46)21-10-17-36(42)27-31-12-5-3-6-13-31/h3-8,12-15,22-25,29-30,35-42H,9-11,16-21,26-28,45-46H2,1-2H3. The van der Waals surface area contributed by atoms with Crippen molar-refractivity contribution in [2.45, 2.75) is 121 Å². The molecule has 2 aliphatic heterocycles. The van der Waals surface area contributed by atoms with Crippen molar-refractivity contribution in [2.75, 3.05) is 0 Å². The van der Waals surface area contributed by atoms with Crippen molar-refractivity contribution in [1.29, 1.82) is 0 Å². The zero-order valence-electron chi connectivity index (χ0n) is 30.1. The van der Waals surface area contributed by atoms with E-state index in [1.165, 1.54) is 28.7 Å². The van der Waals surface area contributed by atoms with Crippen LogP contribution in [0.4, 0.5) is 0 Å². The second-order valence-electron chi connectivity index (χ2n) is 15.6. The van der Waals surface area contributed by atoms with Crippen molar-refractivity contribution in [3.63, 3.8) is 0 Å². The molecule has 10 unspecified atom stereocenters. The molecule has 50 heavy (non-hydrogen) atoms. The number of esters is 2. The molecule has 6 rings (SSSR count). The molecule has 10 atom stereocenters. The molecule has 0 amide bonds. The Morgan fingerprint density at radius 1 is 0.560 bits per heavy atom. The van der Waals surface area contributed by atoms with Gasteiger partial charge in [0, 0.05) is 11.8 Å². The van der Waals surface area contributed by atoms with Crippen LogP contribution in [0.25, 0.3) is 0 Å². The fraction of sp³-hybridized carbons (Fsp3) is 0.545. The number of cyclic esters (lactones) is 2. The smallest absolute Gasteiger partial charge is 0.323 e. The van der Waals surface area contributed by atoms with E-state index in [-0.39, 0.29) is 36.0 Å². The van der Waals surface area contributed by atoms with Crippen LogP contribution in [0.2, 0.25) is 0 Å². The van der Waals surface area contributed by atoms with E-state index >= 15 is 0 Å². The Kier molecular flexibility index (Phi) is 12.5. The molecule has 3 aliphatic rings. The van der Waals surface area contributed by atoms with Gasteiger partial charge < -0.3 is 20.9 Å². The summed E-state index contributed by atoms with van der Waals surface area (Å²) in [7, 11) is 0. The predicted octanol–water partition coefficient (Wildman–Crippen LogP) is 7.95. The number of nitrogens with two attached hydrogens (primary N) is 2. The third-order valence-electron chi connectivity index (χ3n) is 12.3. The van der Waals surface area contributed by atoms with Crippen LogP contribution in [-0.4, -0.2) is 36.2 Å². The molecule has 1 aliphatic carbocycles. The van der Waals surface area contributed by atoms with Crippen molar-refractivity contribution in [3.8, 4) is 0 Å². The minimum atomic E-state index is -0.551. The van der Waals surface area contributed by atoms with Crippen molar-refractivity contribution in [1.82, 2.24) is 0 Å². The molecular formula is C44H58N2O4. The Balaban J connectivity index is 1.23. The van der Waals surface area contributed by atoms with E-state index in [2.05, 4.69) is 85.8 Å². The molecule has 1 saturated carbocycles. The van der Waals surface area contributed by atoms with Gasteiger partial charge in [0.25, 0.3) is 0 Å². The van der Waals surface area contributed by atoms with Gasteiger partial charge in [-0.15, -0.1) is 0 Å². The molecule has 2 heterocycles. The highest BCUT2D eigenvalue weighted by atomic mass is 16.5. The molecule has 6 nitrogen and oxygen atoms in total. The first-order chi connectivity index (χ1) is 24.3. The highest BCUT2D eigenvalue weighted by Crippen LogP contribution is 2.49. The largest absolute Gasteiger partial charge is 0.461 e. The van der Waals surface area contributed by atoms with E-state index in [4.69, 9.17) is 20.9 Å². The lowest BCUT2D eigenvalue weighted by Gasteiger charge is -2.38. The predicted molar refractivity (Wildman–Crippen MR) is 199 cm³/mol. The summed E-state index contributed by atoms with van der Waals surface area (Å²) in [5.74, 6) is 1.61. The molecule has 3 aromatic carbocycles. The van der Waals surface area contributed by atoms with Gasteiger partial charge in [-0.25, -0.2) is 0 Å². The Morgan fingerprint density at radius 2 is 1.06 bits per heavy atom. The molecule has 0 radical (unpaired) electrons. The first-order valence-electron chi connectivity index (χ1n) is 19.4. The minimum Gasteiger partial charge on any atom is -0.461 e. The highest BCUT2D eigenvalue weighted by Gasteiger charge is 2.43. The molecule has 3 fully saturated rings. The van der Waals surface area contributed by atoms with Gasteiger partial charge >= 0.3 is 11.9 Å². The lowest BCUT2D eigenvalue weighted by atomic mass is 9.69. The van der Waals surface area contributed by atoms with Gasteiger partial charge in [-0.2, -0.15) is 0 Å².